The Morgan fingerprint density at radius 2 is 1.97 bits per heavy atom. The highest BCUT2D eigenvalue weighted by atomic mass is 32.2. The Kier molecular flexibility index (Phi) is 4.52. The van der Waals surface area contributed by atoms with Crippen molar-refractivity contribution in [2.75, 3.05) is 0 Å². The Morgan fingerprint density at radius 3 is 2.62 bits per heavy atom. The molecule has 3 aromatic rings. The second-order valence-corrected chi connectivity index (χ2v) is 9.04. The van der Waals surface area contributed by atoms with E-state index in [4.69, 9.17) is 0 Å². The van der Waals surface area contributed by atoms with Gasteiger partial charge in [-0.15, -0.1) is 0 Å². The number of allylic oxidation sites excluding steroid dienone is 1. The molecule has 0 N–H and O–H groups in total. The number of aryl methyl sites for hydroxylation is 1. The zero-order valence-electron chi connectivity index (χ0n) is 15.6. The Hall–Kier alpha value is -3.37. The minimum atomic E-state index is -3.82. The third-order valence-corrected chi connectivity index (χ3v) is 6.91. The van der Waals surface area contributed by atoms with Crippen molar-refractivity contribution in [1.29, 1.82) is 5.26 Å². The SMILES string of the molecule is Cc1ccc(S(=O)(=O)n2cc(C3CC3/C=C/C(=O)[O-])c3cc(C#N)ccc32)cc1. The van der Waals surface area contributed by atoms with Crippen LogP contribution in [0.5, 0.6) is 0 Å². The topological polar surface area (TPSA) is 103 Å². The van der Waals surface area contributed by atoms with Gasteiger partial charge in [0.25, 0.3) is 10.0 Å². The number of hydrogen-bond donors (Lipinski definition) is 0. The van der Waals surface area contributed by atoms with Crippen LogP contribution in [0.3, 0.4) is 0 Å². The van der Waals surface area contributed by atoms with Crippen LogP contribution in [0, 0.1) is 24.2 Å². The molecule has 0 amide bonds. The van der Waals surface area contributed by atoms with Crippen LogP contribution in [-0.2, 0) is 14.8 Å². The number of nitriles is 1. The predicted octanol–water partition coefficient (Wildman–Crippen LogP) is 2.47. The molecular weight excluding hydrogens is 388 g/mol. The predicted molar refractivity (Wildman–Crippen MR) is 105 cm³/mol. The number of rotatable bonds is 5. The Morgan fingerprint density at radius 1 is 1.24 bits per heavy atom. The summed E-state index contributed by atoms with van der Waals surface area (Å²) in [5.41, 5.74) is 2.68. The first-order chi connectivity index (χ1) is 13.8. The zero-order chi connectivity index (χ0) is 20.8. The van der Waals surface area contributed by atoms with E-state index in [0.29, 0.717) is 22.9 Å². The van der Waals surface area contributed by atoms with Crippen LogP contribution in [0.2, 0.25) is 0 Å². The lowest BCUT2D eigenvalue weighted by molar-refractivity contribution is -0.297. The van der Waals surface area contributed by atoms with Crippen molar-refractivity contribution < 1.29 is 18.3 Å². The van der Waals surface area contributed by atoms with E-state index >= 15 is 0 Å². The second-order valence-electron chi connectivity index (χ2n) is 7.23. The van der Waals surface area contributed by atoms with E-state index < -0.39 is 16.0 Å². The van der Waals surface area contributed by atoms with Crippen molar-refractivity contribution in [1.82, 2.24) is 3.97 Å². The highest BCUT2D eigenvalue weighted by Gasteiger charge is 2.39. The van der Waals surface area contributed by atoms with Crippen LogP contribution >= 0.6 is 0 Å². The van der Waals surface area contributed by atoms with Crippen LogP contribution in [0.15, 0.2) is 65.7 Å². The summed E-state index contributed by atoms with van der Waals surface area (Å²) in [6.07, 6.45) is 4.89. The van der Waals surface area contributed by atoms with Gasteiger partial charge in [0.05, 0.1) is 28.0 Å². The number of aliphatic carboxylic acids is 1. The van der Waals surface area contributed by atoms with Crippen LogP contribution in [-0.4, -0.2) is 18.4 Å². The normalized spacial score (nSPS) is 18.8. The third-order valence-electron chi connectivity index (χ3n) is 5.23. The average molecular weight is 405 g/mol. The molecular formula is C22H17N2O4S-. The van der Waals surface area contributed by atoms with Gasteiger partial charge in [-0.05, 0) is 67.2 Å². The number of nitrogens with zero attached hydrogens (tertiary/aromatic N) is 2. The minimum absolute atomic E-state index is 0.000212. The maximum atomic E-state index is 13.3. The molecule has 0 saturated heterocycles. The van der Waals surface area contributed by atoms with Crippen molar-refractivity contribution in [3.63, 3.8) is 0 Å². The van der Waals surface area contributed by atoms with Crippen molar-refractivity contribution >= 4 is 26.9 Å². The molecule has 146 valence electrons. The van der Waals surface area contributed by atoms with E-state index in [9.17, 15) is 23.6 Å². The molecule has 1 heterocycles. The van der Waals surface area contributed by atoms with Crippen molar-refractivity contribution in [2.45, 2.75) is 24.2 Å². The number of carboxylic acids is 1. The molecule has 1 aliphatic rings. The Labute approximate surface area is 168 Å². The maximum Gasteiger partial charge on any atom is 0.268 e. The molecule has 1 aliphatic carbocycles. The number of carbonyl (C=O) groups is 1. The van der Waals surface area contributed by atoms with Gasteiger partial charge in [-0.25, -0.2) is 12.4 Å². The van der Waals surface area contributed by atoms with Gasteiger partial charge in [-0.2, -0.15) is 5.26 Å². The van der Waals surface area contributed by atoms with Gasteiger partial charge in [0.1, 0.15) is 0 Å². The molecule has 1 saturated carbocycles. The lowest BCUT2D eigenvalue weighted by Gasteiger charge is -2.08. The largest absolute Gasteiger partial charge is 0.545 e. The van der Waals surface area contributed by atoms with Gasteiger partial charge in [-0.1, -0.05) is 23.8 Å². The summed E-state index contributed by atoms with van der Waals surface area (Å²) in [6.45, 7) is 1.89. The first kappa shape index (κ1) is 19.0. The molecule has 6 nitrogen and oxygen atoms in total. The van der Waals surface area contributed by atoms with Crippen LogP contribution in [0.1, 0.15) is 29.0 Å². The summed E-state index contributed by atoms with van der Waals surface area (Å²) in [7, 11) is -3.82. The number of hydrogen-bond acceptors (Lipinski definition) is 5. The standard InChI is InChI=1S/C22H18N2O4S/c1-14-2-6-17(7-3-14)29(27,28)24-13-20(18-11-16(18)5-9-22(25)26)19-10-15(12-23)4-8-21(19)24/h2-10,13,16,18H,11H2,1H3,(H,25,26)/p-1/b9-5+. The molecule has 0 bridgehead atoms. The van der Waals surface area contributed by atoms with Crippen molar-refractivity contribution in [3.05, 3.63) is 77.5 Å². The summed E-state index contributed by atoms with van der Waals surface area (Å²) >= 11 is 0. The summed E-state index contributed by atoms with van der Waals surface area (Å²) in [6, 6.07) is 13.6. The lowest BCUT2D eigenvalue weighted by Crippen LogP contribution is -2.18. The fourth-order valence-electron chi connectivity index (χ4n) is 3.60. The quantitative estimate of drug-likeness (QED) is 0.607. The van der Waals surface area contributed by atoms with E-state index in [1.54, 1.807) is 54.7 Å². The molecule has 1 aromatic heterocycles. The van der Waals surface area contributed by atoms with Crippen molar-refractivity contribution in [2.24, 2.45) is 5.92 Å². The molecule has 2 unspecified atom stereocenters. The summed E-state index contributed by atoms with van der Waals surface area (Å²) in [4.78, 5) is 10.9. The molecule has 29 heavy (non-hydrogen) atoms. The number of carbonyl (C=O) groups excluding carboxylic acids is 1. The molecule has 2 aromatic carbocycles. The van der Waals surface area contributed by atoms with Gasteiger partial charge < -0.3 is 9.90 Å². The first-order valence-electron chi connectivity index (χ1n) is 9.08. The molecule has 0 aliphatic heterocycles. The average Bonchev–Trinajstić information content (AvgIpc) is 3.37. The molecule has 2 atom stereocenters. The molecule has 7 heteroatoms. The maximum absolute atomic E-state index is 13.3. The fraction of sp³-hybridized carbons (Fsp3) is 0.182. The molecule has 1 fully saturated rings. The number of aromatic nitrogens is 1. The number of fused-ring (bicyclic) bond motifs is 1. The molecule has 0 radical (unpaired) electrons. The summed E-state index contributed by atoms with van der Waals surface area (Å²) in [5.74, 6) is -1.26. The van der Waals surface area contributed by atoms with Gasteiger partial charge in [0.15, 0.2) is 0 Å². The zero-order valence-corrected chi connectivity index (χ0v) is 16.4. The second kappa shape index (κ2) is 6.90. The Bertz CT molecular complexity index is 1300. The third kappa shape index (κ3) is 3.43. The van der Waals surface area contributed by atoms with Crippen LogP contribution in [0.4, 0.5) is 0 Å². The van der Waals surface area contributed by atoms with Gasteiger partial charge in [-0.3, -0.25) is 0 Å². The van der Waals surface area contributed by atoms with Gasteiger partial charge in [0.2, 0.25) is 0 Å². The summed E-state index contributed by atoms with van der Waals surface area (Å²) < 4.78 is 27.8. The van der Waals surface area contributed by atoms with E-state index in [-0.39, 0.29) is 16.7 Å². The molecule has 4 rings (SSSR count). The highest BCUT2D eigenvalue weighted by Crippen LogP contribution is 2.51. The van der Waals surface area contributed by atoms with E-state index in [1.807, 2.05) is 6.92 Å². The summed E-state index contributed by atoms with van der Waals surface area (Å²) in [5, 5.41) is 20.6. The van der Waals surface area contributed by atoms with Crippen LogP contribution in [0.25, 0.3) is 10.9 Å². The monoisotopic (exact) mass is 405 g/mol. The Balaban J connectivity index is 1.85. The van der Waals surface area contributed by atoms with E-state index in [0.717, 1.165) is 17.2 Å². The van der Waals surface area contributed by atoms with E-state index in [1.165, 1.54) is 3.97 Å². The smallest absolute Gasteiger partial charge is 0.268 e. The van der Waals surface area contributed by atoms with Crippen molar-refractivity contribution in [3.8, 4) is 6.07 Å². The fourth-order valence-corrected chi connectivity index (χ4v) is 4.98. The van der Waals surface area contributed by atoms with E-state index in [2.05, 4.69) is 6.07 Å². The first-order valence-corrected chi connectivity index (χ1v) is 10.5. The van der Waals surface area contributed by atoms with Crippen LogP contribution < -0.4 is 5.11 Å². The number of carboxylic acid groups (broad SMARTS) is 1. The lowest BCUT2D eigenvalue weighted by atomic mass is 10.1. The molecule has 0 spiro atoms. The van der Waals surface area contributed by atoms with Gasteiger partial charge in [0, 0.05) is 11.6 Å². The highest BCUT2D eigenvalue weighted by molar-refractivity contribution is 7.90. The minimum Gasteiger partial charge on any atom is -0.545 e. The number of benzene rings is 2. The van der Waals surface area contributed by atoms with Gasteiger partial charge >= 0.3 is 0 Å².